The van der Waals surface area contributed by atoms with E-state index in [1.54, 1.807) is 11.0 Å². The number of aliphatic imine (C=N–C) groups is 2. The van der Waals surface area contributed by atoms with Crippen LogP contribution >= 0.6 is 23.4 Å². The van der Waals surface area contributed by atoms with E-state index in [1.807, 2.05) is 57.2 Å². The third kappa shape index (κ3) is 4.57. The van der Waals surface area contributed by atoms with Crippen molar-refractivity contribution in [1.29, 1.82) is 0 Å². The van der Waals surface area contributed by atoms with Crippen LogP contribution < -0.4 is 5.32 Å². The second kappa shape index (κ2) is 9.69. The lowest BCUT2D eigenvalue weighted by molar-refractivity contribution is -0.125. The Kier molecular flexibility index (Phi) is 6.91. The molecule has 0 radical (unpaired) electrons. The molecule has 172 valence electrons. The van der Waals surface area contributed by atoms with Gasteiger partial charge in [0.05, 0.1) is 10.9 Å². The molecule has 2 aromatic rings. The van der Waals surface area contributed by atoms with Crippen LogP contribution in [0.25, 0.3) is 0 Å². The van der Waals surface area contributed by atoms with Gasteiger partial charge in [-0.05, 0) is 49.1 Å². The maximum Gasteiger partial charge on any atom is 0.259 e. The Morgan fingerprint density at radius 1 is 1.21 bits per heavy atom. The number of para-hydroxylation sites is 1. The monoisotopic (exact) mass is 482 g/mol. The third-order valence-corrected chi connectivity index (χ3v) is 7.76. The fourth-order valence-electron chi connectivity index (χ4n) is 3.79. The van der Waals surface area contributed by atoms with Crippen molar-refractivity contribution in [3.8, 4) is 0 Å². The SMILES string of the molecule is CC[C@H](SC1=Nc2ccccc2C2=N[C@@H]([C@H](C)CC)C(=O)N12)C(=O)Nc1ccc(C)c(Cl)c1. The van der Waals surface area contributed by atoms with E-state index in [1.165, 1.54) is 11.8 Å². The quantitative estimate of drug-likeness (QED) is 0.565. The summed E-state index contributed by atoms with van der Waals surface area (Å²) in [6.07, 6.45) is 1.42. The minimum absolute atomic E-state index is 0.0827. The molecule has 0 saturated heterocycles. The summed E-state index contributed by atoms with van der Waals surface area (Å²) < 4.78 is 0. The van der Waals surface area contributed by atoms with Gasteiger partial charge >= 0.3 is 0 Å². The fraction of sp³-hybridized carbons (Fsp3) is 0.360. The number of fused-ring (bicyclic) bond motifs is 3. The van der Waals surface area contributed by atoms with E-state index in [4.69, 9.17) is 21.6 Å². The number of thioether (sulfide) groups is 1. The highest BCUT2D eigenvalue weighted by Gasteiger charge is 2.43. The molecule has 2 aromatic carbocycles. The van der Waals surface area contributed by atoms with Crippen molar-refractivity contribution in [2.75, 3.05) is 5.32 Å². The van der Waals surface area contributed by atoms with Gasteiger partial charge in [-0.1, -0.05) is 68.8 Å². The van der Waals surface area contributed by atoms with Gasteiger partial charge in [-0.3, -0.25) is 14.6 Å². The average molecular weight is 483 g/mol. The molecule has 0 unspecified atom stereocenters. The number of anilines is 1. The zero-order valence-electron chi connectivity index (χ0n) is 19.1. The van der Waals surface area contributed by atoms with Crippen LogP contribution in [0.3, 0.4) is 0 Å². The number of amides is 2. The minimum atomic E-state index is -0.439. The van der Waals surface area contributed by atoms with E-state index in [2.05, 4.69) is 12.2 Å². The zero-order valence-corrected chi connectivity index (χ0v) is 20.7. The number of amidine groups is 2. The van der Waals surface area contributed by atoms with Crippen LogP contribution in [-0.2, 0) is 9.59 Å². The first-order valence-electron chi connectivity index (χ1n) is 11.2. The molecule has 2 aliphatic heterocycles. The maximum absolute atomic E-state index is 13.4. The molecule has 2 amide bonds. The molecule has 0 bridgehead atoms. The molecule has 3 atom stereocenters. The summed E-state index contributed by atoms with van der Waals surface area (Å²) in [5.41, 5.74) is 3.18. The first kappa shape index (κ1) is 23.5. The molecule has 8 heteroatoms. The zero-order chi connectivity index (χ0) is 23.7. The second-order valence-corrected chi connectivity index (χ2v) is 9.91. The number of carbonyl (C=O) groups is 2. The van der Waals surface area contributed by atoms with Crippen LogP contribution in [0.4, 0.5) is 11.4 Å². The van der Waals surface area contributed by atoms with Crippen LogP contribution in [0, 0.1) is 12.8 Å². The van der Waals surface area contributed by atoms with Gasteiger partial charge in [-0.2, -0.15) is 0 Å². The van der Waals surface area contributed by atoms with Crippen molar-refractivity contribution in [3.63, 3.8) is 0 Å². The Labute approximate surface area is 203 Å². The normalized spacial score (nSPS) is 18.8. The summed E-state index contributed by atoms with van der Waals surface area (Å²) in [7, 11) is 0. The lowest BCUT2D eigenvalue weighted by Gasteiger charge is -2.27. The van der Waals surface area contributed by atoms with Gasteiger partial charge in [0, 0.05) is 16.3 Å². The summed E-state index contributed by atoms with van der Waals surface area (Å²) in [5, 5.41) is 3.60. The number of carbonyl (C=O) groups excluding carboxylic acids is 2. The average Bonchev–Trinajstić information content (AvgIpc) is 3.17. The molecule has 33 heavy (non-hydrogen) atoms. The number of nitrogens with one attached hydrogen (secondary N) is 1. The number of hydrogen-bond acceptors (Lipinski definition) is 5. The van der Waals surface area contributed by atoms with E-state index in [-0.39, 0.29) is 17.7 Å². The Balaban J connectivity index is 1.62. The molecule has 6 nitrogen and oxygen atoms in total. The summed E-state index contributed by atoms with van der Waals surface area (Å²) in [6.45, 7) is 7.95. The largest absolute Gasteiger partial charge is 0.325 e. The summed E-state index contributed by atoms with van der Waals surface area (Å²) in [4.78, 5) is 37.6. The molecule has 1 N–H and O–H groups in total. The highest BCUT2D eigenvalue weighted by atomic mass is 35.5. The molecular formula is C25H27ClN4O2S. The van der Waals surface area contributed by atoms with Crippen molar-refractivity contribution < 1.29 is 9.59 Å². The number of benzene rings is 2. The van der Waals surface area contributed by atoms with Gasteiger partial charge in [-0.25, -0.2) is 9.89 Å². The molecule has 0 spiro atoms. The maximum atomic E-state index is 13.4. The van der Waals surface area contributed by atoms with Crippen molar-refractivity contribution >= 4 is 57.6 Å². The Morgan fingerprint density at radius 2 is 1.97 bits per heavy atom. The summed E-state index contributed by atoms with van der Waals surface area (Å²) in [5.74, 6) is 0.498. The van der Waals surface area contributed by atoms with Gasteiger partial charge in [0.2, 0.25) is 5.91 Å². The summed E-state index contributed by atoms with van der Waals surface area (Å²) >= 11 is 7.50. The van der Waals surface area contributed by atoms with Crippen LogP contribution in [0.15, 0.2) is 52.4 Å². The van der Waals surface area contributed by atoms with Gasteiger partial charge < -0.3 is 5.32 Å². The molecule has 2 aliphatic rings. The van der Waals surface area contributed by atoms with Crippen LogP contribution in [0.5, 0.6) is 0 Å². The van der Waals surface area contributed by atoms with E-state index in [0.717, 1.165) is 23.2 Å². The molecule has 0 fully saturated rings. The highest BCUT2D eigenvalue weighted by Crippen LogP contribution is 2.37. The fourth-order valence-corrected chi connectivity index (χ4v) is 4.99. The van der Waals surface area contributed by atoms with Crippen molar-refractivity contribution in [2.24, 2.45) is 15.9 Å². The van der Waals surface area contributed by atoms with E-state index in [0.29, 0.717) is 28.1 Å². The molecule has 0 saturated carbocycles. The first-order valence-corrected chi connectivity index (χ1v) is 12.4. The summed E-state index contributed by atoms with van der Waals surface area (Å²) in [6, 6.07) is 12.7. The lowest BCUT2D eigenvalue weighted by Crippen LogP contribution is -2.43. The third-order valence-electron chi connectivity index (χ3n) is 6.03. The molecular weight excluding hydrogens is 456 g/mol. The first-order chi connectivity index (χ1) is 15.8. The van der Waals surface area contributed by atoms with E-state index in [9.17, 15) is 9.59 Å². The highest BCUT2D eigenvalue weighted by molar-refractivity contribution is 8.15. The number of rotatable bonds is 6. The molecule has 4 rings (SSSR count). The predicted molar refractivity (Wildman–Crippen MR) is 137 cm³/mol. The van der Waals surface area contributed by atoms with Gasteiger partial charge in [0.1, 0.15) is 11.9 Å². The number of halogens is 1. The van der Waals surface area contributed by atoms with Crippen LogP contribution in [0.1, 0.15) is 44.7 Å². The number of hydrogen-bond donors (Lipinski definition) is 1. The van der Waals surface area contributed by atoms with Crippen LogP contribution in [0.2, 0.25) is 5.02 Å². The van der Waals surface area contributed by atoms with Crippen molar-refractivity contribution in [3.05, 3.63) is 58.6 Å². The van der Waals surface area contributed by atoms with Crippen molar-refractivity contribution in [1.82, 2.24) is 4.90 Å². The minimum Gasteiger partial charge on any atom is -0.325 e. The Morgan fingerprint density at radius 3 is 2.67 bits per heavy atom. The van der Waals surface area contributed by atoms with Gasteiger partial charge in [0.25, 0.3) is 5.91 Å². The standard InChI is InChI=1S/C25H27ClN4O2S/c1-5-14(3)21-24(32)30-22(29-21)17-9-7-8-10-19(17)28-25(30)33-20(6-2)23(31)27-16-12-11-15(4)18(26)13-16/h7-14,20-21H,5-6H2,1-4H3,(H,27,31)/t14-,20+,21+/m1/s1. The predicted octanol–water partition coefficient (Wildman–Crippen LogP) is 5.80. The Hall–Kier alpha value is -2.64. The van der Waals surface area contributed by atoms with Crippen LogP contribution in [-0.4, -0.2) is 39.0 Å². The molecule has 0 aliphatic carbocycles. The smallest absolute Gasteiger partial charge is 0.259 e. The molecule has 2 heterocycles. The van der Waals surface area contributed by atoms with Crippen molar-refractivity contribution in [2.45, 2.75) is 51.8 Å². The number of nitrogens with zero attached hydrogens (tertiary/aromatic N) is 3. The van der Waals surface area contributed by atoms with Gasteiger partial charge in [-0.15, -0.1) is 0 Å². The lowest BCUT2D eigenvalue weighted by atomic mass is 10.00. The van der Waals surface area contributed by atoms with E-state index >= 15 is 0 Å². The Bertz CT molecular complexity index is 1160. The molecule has 0 aromatic heterocycles. The van der Waals surface area contributed by atoms with E-state index < -0.39 is 11.3 Å². The topological polar surface area (TPSA) is 74.1 Å². The van der Waals surface area contributed by atoms with Gasteiger partial charge in [0.15, 0.2) is 5.17 Å². The number of aryl methyl sites for hydroxylation is 1. The second-order valence-electron chi connectivity index (χ2n) is 8.34.